The number of benzene rings is 2. The summed E-state index contributed by atoms with van der Waals surface area (Å²) in [6, 6.07) is 14.3. The van der Waals surface area contributed by atoms with E-state index in [1.165, 1.54) is 6.07 Å². The van der Waals surface area contributed by atoms with Gasteiger partial charge in [-0.15, -0.1) is 0 Å². The largest absolute Gasteiger partial charge is 0.326 e. The lowest BCUT2D eigenvalue weighted by molar-refractivity contribution is -0.116. The van der Waals surface area contributed by atoms with E-state index >= 15 is 0 Å². The van der Waals surface area contributed by atoms with Gasteiger partial charge in [0.05, 0.1) is 0 Å². The van der Waals surface area contributed by atoms with Crippen LogP contribution in [-0.2, 0) is 11.3 Å². The lowest BCUT2D eigenvalue weighted by Crippen LogP contribution is -2.21. The predicted octanol–water partition coefficient (Wildman–Crippen LogP) is 3.25. The minimum atomic E-state index is -0.228. The third-order valence-electron chi connectivity index (χ3n) is 3.14. The molecule has 0 fully saturated rings. The Morgan fingerprint density at radius 2 is 1.81 bits per heavy atom. The van der Waals surface area contributed by atoms with E-state index in [0.29, 0.717) is 25.1 Å². The highest BCUT2D eigenvalue weighted by Crippen LogP contribution is 2.09. The lowest BCUT2D eigenvalue weighted by Gasteiger charge is -2.07. The number of nitrogens with one attached hydrogen (secondary N) is 2. The minimum absolute atomic E-state index is 0.0557. The van der Waals surface area contributed by atoms with E-state index < -0.39 is 0 Å². The van der Waals surface area contributed by atoms with Crippen LogP contribution in [0.15, 0.2) is 48.5 Å². The molecule has 2 N–H and O–H groups in total. The summed E-state index contributed by atoms with van der Waals surface area (Å²) in [6.45, 7) is 2.93. The second kappa shape index (κ2) is 7.55. The van der Waals surface area contributed by atoms with Crippen LogP contribution in [0.25, 0.3) is 0 Å². The van der Waals surface area contributed by atoms with Gasteiger partial charge in [0.25, 0.3) is 0 Å². The number of aryl methyl sites for hydroxylation is 1. The number of rotatable bonds is 6. The zero-order valence-electron chi connectivity index (χ0n) is 12.0. The van der Waals surface area contributed by atoms with Gasteiger partial charge in [0.15, 0.2) is 0 Å². The summed E-state index contributed by atoms with van der Waals surface area (Å²) < 4.78 is 13.4. The van der Waals surface area contributed by atoms with Crippen molar-refractivity contribution in [2.24, 2.45) is 0 Å². The Balaban J connectivity index is 1.70. The third-order valence-corrected chi connectivity index (χ3v) is 3.14. The summed E-state index contributed by atoms with van der Waals surface area (Å²) in [5.74, 6) is -0.283. The first kappa shape index (κ1) is 15.2. The Hall–Kier alpha value is -2.20. The fraction of sp³-hybridized carbons (Fsp3) is 0.235. The smallest absolute Gasteiger partial charge is 0.225 e. The quantitative estimate of drug-likeness (QED) is 0.800. The summed E-state index contributed by atoms with van der Waals surface area (Å²) in [6.07, 6.45) is 0.350. The van der Waals surface area contributed by atoms with E-state index in [-0.39, 0.29) is 11.7 Å². The van der Waals surface area contributed by atoms with Crippen molar-refractivity contribution in [2.45, 2.75) is 19.9 Å². The average Bonchev–Trinajstić information content (AvgIpc) is 2.48. The highest BCUT2D eigenvalue weighted by atomic mass is 19.1. The normalized spacial score (nSPS) is 10.4. The van der Waals surface area contributed by atoms with Gasteiger partial charge >= 0.3 is 0 Å². The molecule has 0 aromatic heterocycles. The Kier molecular flexibility index (Phi) is 5.46. The van der Waals surface area contributed by atoms with Gasteiger partial charge in [-0.3, -0.25) is 4.79 Å². The molecular formula is C17H19FN2O. The molecule has 2 rings (SSSR count). The molecule has 0 aliphatic heterocycles. The maximum atomic E-state index is 13.4. The van der Waals surface area contributed by atoms with Crippen LogP contribution in [0, 0.1) is 12.7 Å². The van der Waals surface area contributed by atoms with Crippen LogP contribution in [0.2, 0.25) is 0 Å². The van der Waals surface area contributed by atoms with E-state index in [1.807, 2.05) is 31.2 Å². The van der Waals surface area contributed by atoms with Crippen molar-refractivity contribution in [3.05, 3.63) is 65.5 Å². The highest BCUT2D eigenvalue weighted by molar-refractivity contribution is 5.90. The van der Waals surface area contributed by atoms with E-state index in [9.17, 15) is 9.18 Å². The molecule has 0 spiro atoms. The van der Waals surface area contributed by atoms with Crippen molar-refractivity contribution in [1.82, 2.24) is 5.32 Å². The van der Waals surface area contributed by atoms with Gasteiger partial charge in [0.2, 0.25) is 5.91 Å². The number of carbonyl (C=O) groups is 1. The molecule has 3 nitrogen and oxygen atoms in total. The lowest BCUT2D eigenvalue weighted by atomic mass is 10.2. The van der Waals surface area contributed by atoms with Crippen LogP contribution >= 0.6 is 0 Å². The Morgan fingerprint density at radius 1 is 1.10 bits per heavy atom. The molecule has 0 saturated heterocycles. The molecule has 0 aliphatic carbocycles. The van der Waals surface area contributed by atoms with Crippen molar-refractivity contribution in [2.75, 3.05) is 11.9 Å². The third kappa shape index (κ3) is 5.00. The second-order valence-corrected chi connectivity index (χ2v) is 4.93. The number of amides is 1. The molecule has 0 atom stereocenters. The van der Waals surface area contributed by atoms with Crippen molar-refractivity contribution >= 4 is 11.6 Å². The minimum Gasteiger partial charge on any atom is -0.326 e. The summed E-state index contributed by atoms with van der Waals surface area (Å²) in [4.78, 5) is 11.8. The molecule has 0 heterocycles. The average molecular weight is 286 g/mol. The first-order valence-electron chi connectivity index (χ1n) is 6.96. The zero-order chi connectivity index (χ0) is 15.1. The number of carbonyl (C=O) groups excluding carboxylic acids is 1. The Labute approximate surface area is 124 Å². The molecule has 110 valence electrons. The van der Waals surface area contributed by atoms with E-state index in [0.717, 1.165) is 11.3 Å². The van der Waals surface area contributed by atoms with E-state index in [2.05, 4.69) is 10.6 Å². The molecule has 21 heavy (non-hydrogen) atoms. The Bertz CT molecular complexity index is 596. The van der Waals surface area contributed by atoms with Gasteiger partial charge < -0.3 is 10.6 Å². The van der Waals surface area contributed by atoms with E-state index in [1.54, 1.807) is 18.2 Å². The molecule has 0 radical (unpaired) electrons. The number of halogens is 1. The van der Waals surface area contributed by atoms with Crippen LogP contribution in [0.5, 0.6) is 0 Å². The van der Waals surface area contributed by atoms with Gasteiger partial charge in [-0.1, -0.05) is 35.9 Å². The molecule has 4 heteroatoms. The van der Waals surface area contributed by atoms with Crippen molar-refractivity contribution in [3.63, 3.8) is 0 Å². The van der Waals surface area contributed by atoms with Crippen LogP contribution < -0.4 is 10.6 Å². The first-order chi connectivity index (χ1) is 10.1. The molecule has 0 aliphatic rings. The number of hydrogen-bond donors (Lipinski definition) is 2. The number of anilines is 1. The van der Waals surface area contributed by atoms with Gasteiger partial charge in [-0.25, -0.2) is 4.39 Å². The molecular weight excluding hydrogens is 267 g/mol. The molecule has 0 unspecified atom stereocenters. The Morgan fingerprint density at radius 3 is 2.52 bits per heavy atom. The second-order valence-electron chi connectivity index (χ2n) is 4.93. The van der Waals surface area contributed by atoms with Crippen molar-refractivity contribution in [3.8, 4) is 0 Å². The van der Waals surface area contributed by atoms with Crippen molar-refractivity contribution in [1.29, 1.82) is 0 Å². The first-order valence-corrected chi connectivity index (χ1v) is 6.96. The summed E-state index contributed by atoms with van der Waals surface area (Å²) in [5, 5.41) is 5.89. The highest BCUT2D eigenvalue weighted by Gasteiger charge is 2.03. The van der Waals surface area contributed by atoms with Crippen LogP contribution in [0.3, 0.4) is 0 Å². The van der Waals surface area contributed by atoms with Gasteiger partial charge in [0, 0.05) is 30.8 Å². The monoisotopic (exact) mass is 286 g/mol. The van der Waals surface area contributed by atoms with Crippen LogP contribution in [-0.4, -0.2) is 12.5 Å². The summed E-state index contributed by atoms with van der Waals surface area (Å²) >= 11 is 0. The maximum absolute atomic E-state index is 13.4. The van der Waals surface area contributed by atoms with Crippen LogP contribution in [0.4, 0.5) is 10.1 Å². The topological polar surface area (TPSA) is 41.1 Å². The summed E-state index contributed by atoms with van der Waals surface area (Å²) in [5.41, 5.74) is 2.55. The predicted molar refractivity (Wildman–Crippen MR) is 82.5 cm³/mol. The fourth-order valence-corrected chi connectivity index (χ4v) is 1.93. The number of hydrogen-bond acceptors (Lipinski definition) is 2. The fourth-order valence-electron chi connectivity index (χ4n) is 1.93. The van der Waals surface area contributed by atoms with Crippen molar-refractivity contribution < 1.29 is 9.18 Å². The standard InChI is InChI=1S/C17H19FN2O/c1-13-6-8-15(9-7-13)20-17(21)10-11-19-12-14-4-2-3-5-16(14)18/h2-9,19H,10-12H2,1H3,(H,20,21). The molecule has 1 amide bonds. The summed E-state index contributed by atoms with van der Waals surface area (Å²) in [7, 11) is 0. The molecule has 2 aromatic carbocycles. The molecule has 0 bridgehead atoms. The van der Waals surface area contributed by atoms with E-state index in [4.69, 9.17) is 0 Å². The zero-order valence-corrected chi connectivity index (χ0v) is 12.0. The van der Waals surface area contributed by atoms with Gasteiger partial charge in [0.1, 0.15) is 5.82 Å². The SMILES string of the molecule is Cc1ccc(NC(=O)CCNCc2ccccc2F)cc1. The maximum Gasteiger partial charge on any atom is 0.225 e. The van der Waals surface area contributed by atoms with Crippen LogP contribution in [0.1, 0.15) is 17.5 Å². The van der Waals surface area contributed by atoms with Gasteiger partial charge in [-0.2, -0.15) is 0 Å². The molecule has 2 aromatic rings. The van der Waals surface area contributed by atoms with Gasteiger partial charge in [-0.05, 0) is 25.1 Å². The molecule has 0 saturated carbocycles.